The van der Waals surface area contributed by atoms with Crippen molar-refractivity contribution >= 4 is 22.9 Å². The minimum atomic E-state index is -0.300. The molecule has 32 heavy (non-hydrogen) atoms. The first-order chi connectivity index (χ1) is 15.6. The average molecular weight is 453 g/mol. The molecule has 0 N–H and O–H groups in total. The molecule has 164 valence electrons. The Bertz CT molecular complexity index is 1310. The second-order valence-electron chi connectivity index (χ2n) is 6.94. The van der Waals surface area contributed by atoms with Gasteiger partial charge in [-0.05, 0) is 41.8 Å². The Kier molecular flexibility index (Phi) is 6.65. The molecule has 0 radical (unpaired) electrons. The molecule has 0 fully saturated rings. The highest BCUT2D eigenvalue weighted by Crippen LogP contribution is 2.28. The monoisotopic (exact) mass is 452 g/mol. The van der Waals surface area contributed by atoms with Crippen LogP contribution in [0.15, 0.2) is 64.8 Å². The first kappa shape index (κ1) is 21.8. The van der Waals surface area contributed by atoms with E-state index < -0.39 is 0 Å². The number of hydrogen-bond donors (Lipinski definition) is 0. The summed E-state index contributed by atoms with van der Waals surface area (Å²) in [6, 6.07) is 12.0. The third-order valence-corrected chi connectivity index (χ3v) is 5.94. The van der Waals surface area contributed by atoms with Crippen LogP contribution in [0.4, 0.5) is 4.39 Å². The summed E-state index contributed by atoms with van der Waals surface area (Å²) in [4.78, 5) is 26.1. The number of rotatable bonds is 8. The van der Waals surface area contributed by atoms with Gasteiger partial charge in [-0.1, -0.05) is 30.0 Å². The van der Waals surface area contributed by atoms with E-state index in [9.17, 15) is 9.18 Å². The quantitative estimate of drug-likeness (QED) is 0.297. The van der Waals surface area contributed by atoms with Crippen LogP contribution in [0.5, 0.6) is 11.5 Å². The Labute approximate surface area is 188 Å². The van der Waals surface area contributed by atoms with Gasteiger partial charge in [-0.15, -0.1) is 0 Å². The van der Waals surface area contributed by atoms with Crippen LogP contribution in [0, 0.1) is 5.82 Å². The van der Waals surface area contributed by atoms with E-state index in [1.165, 1.54) is 36.3 Å². The highest BCUT2D eigenvalue weighted by atomic mass is 32.2. The van der Waals surface area contributed by atoms with E-state index in [0.29, 0.717) is 41.0 Å². The number of nitrogens with zero attached hydrogens (tertiary/aromatic N) is 4. The first-order valence-electron chi connectivity index (χ1n) is 9.88. The summed E-state index contributed by atoms with van der Waals surface area (Å²) in [5.74, 6) is 1.43. The summed E-state index contributed by atoms with van der Waals surface area (Å²) in [7, 11) is 3.17. The number of aromatic nitrogens is 4. The van der Waals surface area contributed by atoms with Crippen molar-refractivity contribution in [3.8, 4) is 11.5 Å². The van der Waals surface area contributed by atoms with Crippen LogP contribution in [0.25, 0.3) is 11.2 Å². The van der Waals surface area contributed by atoms with Crippen molar-refractivity contribution in [3.63, 3.8) is 0 Å². The van der Waals surface area contributed by atoms with E-state index in [1.807, 2.05) is 24.3 Å². The second-order valence-corrected chi connectivity index (χ2v) is 7.88. The molecule has 0 saturated heterocycles. The van der Waals surface area contributed by atoms with E-state index >= 15 is 0 Å². The molecule has 0 unspecified atom stereocenters. The lowest BCUT2D eigenvalue weighted by atomic mass is 10.1. The minimum Gasteiger partial charge on any atom is -0.493 e. The van der Waals surface area contributed by atoms with Gasteiger partial charge >= 0.3 is 0 Å². The predicted octanol–water partition coefficient (Wildman–Crippen LogP) is 3.88. The summed E-state index contributed by atoms with van der Waals surface area (Å²) in [5.41, 5.74) is 2.03. The smallest absolute Gasteiger partial charge is 0.282 e. The SMILES string of the molecule is COc1ccc(CCn2c(SCc3cccc(F)c3)nc3nccnc3c2=O)cc1OC. The zero-order valence-corrected chi connectivity index (χ0v) is 18.4. The number of benzene rings is 2. The van der Waals surface area contributed by atoms with Crippen LogP contribution < -0.4 is 15.0 Å². The minimum absolute atomic E-state index is 0.218. The molecular weight excluding hydrogens is 431 g/mol. The highest BCUT2D eigenvalue weighted by Gasteiger charge is 2.14. The summed E-state index contributed by atoms with van der Waals surface area (Å²) >= 11 is 1.36. The number of fused-ring (bicyclic) bond motifs is 1. The third kappa shape index (κ3) is 4.72. The highest BCUT2D eigenvalue weighted by molar-refractivity contribution is 7.98. The summed E-state index contributed by atoms with van der Waals surface area (Å²) in [6.45, 7) is 0.388. The van der Waals surface area contributed by atoms with Crippen molar-refractivity contribution in [2.45, 2.75) is 23.9 Å². The van der Waals surface area contributed by atoms with Crippen LogP contribution in [-0.4, -0.2) is 33.7 Å². The van der Waals surface area contributed by atoms with Gasteiger partial charge < -0.3 is 9.47 Å². The largest absolute Gasteiger partial charge is 0.493 e. The van der Waals surface area contributed by atoms with Gasteiger partial charge in [0.15, 0.2) is 27.8 Å². The number of ether oxygens (including phenoxy) is 2. The van der Waals surface area contributed by atoms with Crippen LogP contribution in [0.2, 0.25) is 0 Å². The Morgan fingerprint density at radius 2 is 1.81 bits per heavy atom. The van der Waals surface area contributed by atoms with Crippen LogP contribution in [-0.2, 0) is 18.7 Å². The molecule has 0 aliphatic heterocycles. The van der Waals surface area contributed by atoms with E-state index in [2.05, 4.69) is 15.0 Å². The van der Waals surface area contributed by atoms with Gasteiger partial charge in [-0.3, -0.25) is 9.36 Å². The maximum atomic E-state index is 13.6. The number of methoxy groups -OCH3 is 2. The number of halogens is 1. The van der Waals surface area contributed by atoms with E-state index in [1.54, 1.807) is 24.9 Å². The predicted molar refractivity (Wildman–Crippen MR) is 121 cm³/mol. The molecule has 4 aromatic rings. The molecule has 2 heterocycles. The molecule has 0 amide bonds. The van der Waals surface area contributed by atoms with Crippen molar-refractivity contribution in [2.24, 2.45) is 0 Å². The van der Waals surface area contributed by atoms with Gasteiger partial charge in [0.25, 0.3) is 5.56 Å². The van der Waals surface area contributed by atoms with Gasteiger partial charge in [0.05, 0.1) is 14.2 Å². The summed E-state index contributed by atoms with van der Waals surface area (Å²) < 4.78 is 25.8. The zero-order chi connectivity index (χ0) is 22.5. The van der Waals surface area contributed by atoms with Crippen LogP contribution in [0.1, 0.15) is 11.1 Å². The maximum Gasteiger partial charge on any atom is 0.282 e. The molecule has 2 aromatic heterocycles. The lowest BCUT2D eigenvalue weighted by molar-refractivity contribution is 0.354. The van der Waals surface area contributed by atoms with Crippen molar-refractivity contribution in [2.75, 3.05) is 14.2 Å². The van der Waals surface area contributed by atoms with Crippen molar-refractivity contribution in [1.82, 2.24) is 19.5 Å². The van der Waals surface area contributed by atoms with Gasteiger partial charge in [-0.2, -0.15) is 0 Å². The van der Waals surface area contributed by atoms with Gasteiger partial charge in [0, 0.05) is 24.7 Å². The van der Waals surface area contributed by atoms with Crippen molar-refractivity contribution in [1.29, 1.82) is 0 Å². The van der Waals surface area contributed by atoms with E-state index in [-0.39, 0.29) is 16.9 Å². The Morgan fingerprint density at radius 3 is 2.59 bits per heavy atom. The Hall–Kier alpha value is -3.46. The molecule has 0 bridgehead atoms. The maximum absolute atomic E-state index is 13.6. The number of aryl methyl sites for hydroxylation is 1. The topological polar surface area (TPSA) is 79.1 Å². The molecule has 0 spiro atoms. The fourth-order valence-electron chi connectivity index (χ4n) is 3.29. The van der Waals surface area contributed by atoms with Gasteiger partial charge in [-0.25, -0.2) is 19.3 Å². The van der Waals surface area contributed by atoms with Crippen LogP contribution >= 0.6 is 11.8 Å². The molecule has 0 aliphatic rings. The second kappa shape index (κ2) is 9.78. The van der Waals surface area contributed by atoms with Gasteiger partial charge in [0.1, 0.15) is 5.82 Å². The molecule has 0 atom stereocenters. The molecule has 0 saturated carbocycles. The first-order valence-corrected chi connectivity index (χ1v) is 10.9. The molecule has 9 heteroatoms. The molecule has 4 rings (SSSR count). The summed E-state index contributed by atoms with van der Waals surface area (Å²) in [6.07, 6.45) is 3.55. The Balaban J connectivity index is 1.65. The fourth-order valence-corrected chi connectivity index (χ4v) is 4.24. The Morgan fingerprint density at radius 1 is 1.00 bits per heavy atom. The normalized spacial score (nSPS) is 11.0. The average Bonchev–Trinajstić information content (AvgIpc) is 2.82. The third-order valence-electron chi connectivity index (χ3n) is 4.89. The lowest BCUT2D eigenvalue weighted by Crippen LogP contribution is -2.25. The zero-order valence-electron chi connectivity index (χ0n) is 17.6. The van der Waals surface area contributed by atoms with Crippen LogP contribution in [0.3, 0.4) is 0 Å². The molecule has 2 aromatic carbocycles. The van der Waals surface area contributed by atoms with E-state index in [4.69, 9.17) is 9.47 Å². The fraction of sp³-hybridized carbons (Fsp3) is 0.217. The van der Waals surface area contributed by atoms with Crippen molar-refractivity contribution < 1.29 is 13.9 Å². The standard InChI is InChI=1S/C23H21FN4O3S/c1-30-18-7-6-15(13-19(18)31-2)8-11-28-22(29)20-21(26-10-9-25-20)27-23(28)32-14-16-4-3-5-17(24)12-16/h3-7,9-10,12-13H,8,11,14H2,1-2H3. The number of thioether (sulfide) groups is 1. The summed E-state index contributed by atoms with van der Waals surface area (Å²) in [5, 5.41) is 0.507. The van der Waals surface area contributed by atoms with E-state index in [0.717, 1.165) is 11.1 Å². The van der Waals surface area contributed by atoms with Gasteiger partial charge in [0.2, 0.25) is 0 Å². The molecule has 0 aliphatic carbocycles. The molecular formula is C23H21FN4O3S. The number of hydrogen-bond acceptors (Lipinski definition) is 7. The lowest BCUT2D eigenvalue weighted by Gasteiger charge is -2.13. The molecule has 7 nitrogen and oxygen atoms in total. The van der Waals surface area contributed by atoms with Crippen molar-refractivity contribution in [3.05, 3.63) is 82.2 Å².